The minimum absolute atomic E-state index is 0.533. The Morgan fingerprint density at radius 3 is 2.44 bits per heavy atom. The molecule has 1 aromatic rings. The van der Waals surface area contributed by atoms with E-state index in [4.69, 9.17) is 5.26 Å². The highest BCUT2D eigenvalue weighted by Crippen LogP contribution is 2.05. The predicted molar refractivity (Wildman–Crippen MR) is 72.0 cm³/mol. The zero-order valence-corrected chi connectivity index (χ0v) is 11.3. The SMILES string of the molecule is CN(C)CC(C)(O)CNCc1ccc(C#N)cc1. The van der Waals surface area contributed by atoms with Crippen LogP contribution in [0.5, 0.6) is 0 Å². The number of likely N-dealkylation sites (N-methyl/N-ethyl adjacent to an activating group) is 1. The van der Waals surface area contributed by atoms with Crippen LogP contribution in [0, 0.1) is 11.3 Å². The van der Waals surface area contributed by atoms with Gasteiger partial charge < -0.3 is 15.3 Å². The van der Waals surface area contributed by atoms with Gasteiger partial charge in [-0.15, -0.1) is 0 Å². The van der Waals surface area contributed by atoms with Gasteiger partial charge in [-0.2, -0.15) is 5.26 Å². The molecule has 0 aliphatic rings. The summed E-state index contributed by atoms with van der Waals surface area (Å²) in [5, 5.41) is 22.0. The van der Waals surface area contributed by atoms with E-state index in [1.807, 2.05) is 38.1 Å². The molecule has 4 nitrogen and oxygen atoms in total. The van der Waals surface area contributed by atoms with Crippen LogP contribution in [0.25, 0.3) is 0 Å². The number of nitrogens with one attached hydrogen (secondary N) is 1. The summed E-state index contributed by atoms with van der Waals surface area (Å²) in [6.45, 7) is 3.66. The second-order valence-electron chi connectivity index (χ2n) is 5.15. The number of benzene rings is 1. The monoisotopic (exact) mass is 247 g/mol. The molecule has 0 spiro atoms. The Kier molecular flexibility index (Phi) is 5.29. The van der Waals surface area contributed by atoms with E-state index >= 15 is 0 Å². The fourth-order valence-electron chi connectivity index (χ4n) is 1.91. The Balaban J connectivity index is 2.39. The topological polar surface area (TPSA) is 59.3 Å². The molecule has 0 saturated heterocycles. The lowest BCUT2D eigenvalue weighted by Gasteiger charge is -2.27. The van der Waals surface area contributed by atoms with Gasteiger partial charge >= 0.3 is 0 Å². The summed E-state index contributed by atoms with van der Waals surface area (Å²) >= 11 is 0. The van der Waals surface area contributed by atoms with Crippen LogP contribution in [0.4, 0.5) is 0 Å². The number of nitriles is 1. The molecule has 1 atom stereocenters. The summed E-state index contributed by atoms with van der Waals surface area (Å²) in [6.07, 6.45) is 0. The molecule has 98 valence electrons. The fraction of sp³-hybridized carbons (Fsp3) is 0.500. The first-order valence-corrected chi connectivity index (χ1v) is 6.00. The van der Waals surface area contributed by atoms with E-state index in [0.29, 0.717) is 25.2 Å². The molecule has 2 N–H and O–H groups in total. The zero-order chi connectivity index (χ0) is 13.6. The molecule has 0 amide bonds. The zero-order valence-electron chi connectivity index (χ0n) is 11.3. The van der Waals surface area contributed by atoms with Crippen molar-refractivity contribution in [1.29, 1.82) is 5.26 Å². The lowest BCUT2D eigenvalue weighted by molar-refractivity contribution is 0.0336. The molecule has 0 radical (unpaired) electrons. The third-order valence-corrected chi connectivity index (χ3v) is 2.57. The van der Waals surface area contributed by atoms with Gasteiger partial charge in [0.05, 0.1) is 17.2 Å². The number of rotatable bonds is 6. The Morgan fingerprint density at radius 2 is 1.94 bits per heavy atom. The van der Waals surface area contributed by atoms with Gasteiger partial charge in [-0.25, -0.2) is 0 Å². The Bertz CT molecular complexity index is 404. The van der Waals surface area contributed by atoms with Crippen LogP contribution < -0.4 is 5.32 Å². The van der Waals surface area contributed by atoms with Crippen LogP contribution in [0.15, 0.2) is 24.3 Å². The van der Waals surface area contributed by atoms with Crippen LogP contribution in [0.3, 0.4) is 0 Å². The molecule has 0 aromatic heterocycles. The first-order chi connectivity index (χ1) is 8.43. The fourth-order valence-corrected chi connectivity index (χ4v) is 1.91. The molecule has 1 aromatic carbocycles. The molecule has 1 unspecified atom stereocenters. The molecule has 0 bridgehead atoms. The second kappa shape index (κ2) is 6.50. The van der Waals surface area contributed by atoms with E-state index in [2.05, 4.69) is 11.4 Å². The highest BCUT2D eigenvalue weighted by molar-refractivity contribution is 5.31. The van der Waals surface area contributed by atoms with E-state index in [0.717, 1.165) is 5.56 Å². The van der Waals surface area contributed by atoms with Gasteiger partial charge in [-0.1, -0.05) is 12.1 Å². The van der Waals surface area contributed by atoms with Crippen molar-refractivity contribution in [2.75, 3.05) is 27.2 Å². The average molecular weight is 247 g/mol. The van der Waals surface area contributed by atoms with E-state index in [1.165, 1.54) is 0 Å². The van der Waals surface area contributed by atoms with Gasteiger partial charge in [0.15, 0.2) is 0 Å². The van der Waals surface area contributed by atoms with Crippen LogP contribution in [0.1, 0.15) is 18.1 Å². The number of hydrogen-bond acceptors (Lipinski definition) is 4. The molecule has 0 aliphatic carbocycles. The van der Waals surface area contributed by atoms with Crippen LogP contribution in [-0.4, -0.2) is 42.8 Å². The summed E-state index contributed by atoms with van der Waals surface area (Å²) < 4.78 is 0. The smallest absolute Gasteiger partial charge is 0.0991 e. The third-order valence-electron chi connectivity index (χ3n) is 2.57. The van der Waals surface area contributed by atoms with Gasteiger partial charge in [0, 0.05) is 19.6 Å². The van der Waals surface area contributed by atoms with E-state index in [1.54, 1.807) is 12.1 Å². The summed E-state index contributed by atoms with van der Waals surface area (Å²) in [7, 11) is 3.88. The lowest BCUT2D eigenvalue weighted by Crippen LogP contribution is -2.45. The number of nitrogens with zero attached hydrogens (tertiary/aromatic N) is 2. The molecular weight excluding hydrogens is 226 g/mol. The summed E-state index contributed by atoms with van der Waals surface area (Å²) in [6, 6.07) is 9.54. The van der Waals surface area contributed by atoms with E-state index in [-0.39, 0.29) is 0 Å². The standard InChI is InChI=1S/C14H21N3O/c1-14(18,11-17(2)3)10-16-9-13-6-4-12(8-15)5-7-13/h4-7,16,18H,9-11H2,1-3H3. The first-order valence-electron chi connectivity index (χ1n) is 6.00. The van der Waals surface area contributed by atoms with Gasteiger partial charge in [0.25, 0.3) is 0 Å². The molecule has 0 heterocycles. The molecule has 18 heavy (non-hydrogen) atoms. The number of aliphatic hydroxyl groups is 1. The van der Waals surface area contributed by atoms with Gasteiger partial charge in [-0.05, 0) is 38.7 Å². The summed E-state index contributed by atoms with van der Waals surface area (Å²) in [4.78, 5) is 1.96. The Morgan fingerprint density at radius 1 is 1.33 bits per heavy atom. The molecular formula is C14H21N3O. The van der Waals surface area contributed by atoms with Crippen molar-refractivity contribution in [2.45, 2.75) is 19.1 Å². The maximum absolute atomic E-state index is 10.1. The van der Waals surface area contributed by atoms with Crippen LogP contribution in [-0.2, 0) is 6.54 Å². The predicted octanol–water partition coefficient (Wildman–Crippen LogP) is 0.960. The third kappa shape index (κ3) is 5.28. The minimum atomic E-state index is -0.740. The van der Waals surface area contributed by atoms with Crippen molar-refractivity contribution < 1.29 is 5.11 Å². The largest absolute Gasteiger partial charge is 0.388 e. The van der Waals surface area contributed by atoms with E-state index < -0.39 is 5.60 Å². The Labute approximate surface area is 109 Å². The normalized spacial score (nSPS) is 14.2. The molecule has 0 saturated carbocycles. The van der Waals surface area contributed by atoms with Crippen molar-refractivity contribution >= 4 is 0 Å². The van der Waals surface area contributed by atoms with E-state index in [9.17, 15) is 5.11 Å². The van der Waals surface area contributed by atoms with Gasteiger partial charge in [0.2, 0.25) is 0 Å². The molecule has 4 heteroatoms. The van der Waals surface area contributed by atoms with Crippen molar-refractivity contribution in [2.24, 2.45) is 0 Å². The lowest BCUT2D eigenvalue weighted by atomic mass is 10.1. The summed E-state index contributed by atoms with van der Waals surface area (Å²) in [5.41, 5.74) is 1.03. The second-order valence-corrected chi connectivity index (χ2v) is 5.15. The minimum Gasteiger partial charge on any atom is -0.388 e. The average Bonchev–Trinajstić information content (AvgIpc) is 2.28. The maximum atomic E-state index is 10.1. The quantitative estimate of drug-likeness (QED) is 0.786. The molecule has 1 rings (SSSR count). The van der Waals surface area contributed by atoms with Crippen LogP contribution >= 0.6 is 0 Å². The maximum Gasteiger partial charge on any atom is 0.0991 e. The Hall–Kier alpha value is -1.41. The number of hydrogen-bond donors (Lipinski definition) is 2. The molecule has 0 aliphatic heterocycles. The van der Waals surface area contributed by atoms with Crippen molar-refractivity contribution in [3.05, 3.63) is 35.4 Å². The van der Waals surface area contributed by atoms with Crippen LogP contribution in [0.2, 0.25) is 0 Å². The van der Waals surface area contributed by atoms with Gasteiger partial charge in [-0.3, -0.25) is 0 Å². The molecule has 0 fully saturated rings. The van der Waals surface area contributed by atoms with Crippen molar-refractivity contribution in [1.82, 2.24) is 10.2 Å². The van der Waals surface area contributed by atoms with Crippen molar-refractivity contribution in [3.63, 3.8) is 0 Å². The summed E-state index contributed by atoms with van der Waals surface area (Å²) in [5.74, 6) is 0. The first kappa shape index (κ1) is 14.7. The highest BCUT2D eigenvalue weighted by atomic mass is 16.3. The van der Waals surface area contributed by atoms with Crippen molar-refractivity contribution in [3.8, 4) is 6.07 Å². The van der Waals surface area contributed by atoms with Gasteiger partial charge in [0.1, 0.15) is 0 Å². The highest BCUT2D eigenvalue weighted by Gasteiger charge is 2.20.